The Labute approximate surface area is 104 Å². The fourth-order valence-corrected chi connectivity index (χ4v) is 1.41. The van der Waals surface area contributed by atoms with Gasteiger partial charge in [0, 0.05) is 5.56 Å². The number of anilines is 1. The zero-order chi connectivity index (χ0) is 12.8. The average molecular weight is 258 g/mol. The van der Waals surface area contributed by atoms with Crippen LogP contribution in [0.3, 0.4) is 0 Å². The van der Waals surface area contributed by atoms with Crippen LogP contribution in [0.1, 0.15) is 10.4 Å². The Kier molecular flexibility index (Phi) is 4.78. The molecule has 1 amide bonds. The number of aldehydes is 1. The SMILES string of the molecule is COc1ccc(C=O)c(NC(=O)CCl)c1OC. The molecule has 0 atom stereocenters. The molecule has 5 nitrogen and oxygen atoms in total. The first-order valence-electron chi connectivity index (χ1n) is 4.73. The second-order valence-corrected chi connectivity index (χ2v) is 3.33. The van der Waals surface area contributed by atoms with Crippen molar-refractivity contribution in [2.45, 2.75) is 0 Å². The van der Waals surface area contributed by atoms with E-state index in [1.165, 1.54) is 20.3 Å². The molecule has 0 aliphatic carbocycles. The van der Waals surface area contributed by atoms with Gasteiger partial charge in [-0.3, -0.25) is 9.59 Å². The van der Waals surface area contributed by atoms with E-state index in [4.69, 9.17) is 21.1 Å². The number of hydrogen-bond donors (Lipinski definition) is 1. The molecule has 92 valence electrons. The Hall–Kier alpha value is -1.75. The first-order chi connectivity index (χ1) is 8.17. The van der Waals surface area contributed by atoms with E-state index < -0.39 is 5.91 Å². The summed E-state index contributed by atoms with van der Waals surface area (Å²) in [6.07, 6.45) is 0.617. The second kappa shape index (κ2) is 6.10. The van der Waals surface area contributed by atoms with Crippen molar-refractivity contribution in [3.8, 4) is 11.5 Å². The summed E-state index contributed by atoms with van der Waals surface area (Å²) in [5.41, 5.74) is 0.550. The molecule has 0 aliphatic rings. The number of alkyl halides is 1. The summed E-state index contributed by atoms with van der Waals surface area (Å²) in [4.78, 5) is 22.1. The van der Waals surface area contributed by atoms with Crippen molar-refractivity contribution in [3.05, 3.63) is 17.7 Å². The standard InChI is InChI=1S/C11H12ClNO4/c1-16-8-4-3-7(6-14)10(11(8)17-2)13-9(15)5-12/h3-4,6H,5H2,1-2H3,(H,13,15). The molecular formula is C11H12ClNO4. The van der Waals surface area contributed by atoms with E-state index in [1.807, 2.05) is 0 Å². The molecular weight excluding hydrogens is 246 g/mol. The van der Waals surface area contributed by atoms with Crippen LogP contribution in [-0.2, 0) is 4.79 Å². The minimum atomic E-state index is -0.429. The lowest BCUT2D eigenvalue weighted by Gasteiger charge is -2.14. The molecule has 0 aliphatic heterocycles. The molecule has 1 rings (SSSR count). The molecule has 0 fully saturated rings. The number of hydrogen-bond acceptors (Lipinski definition) is 4. The molecule has 0 bridgehead atoms. The number of halogens is 1. The summed E-state index contributed by atoms with van der Waals surface area (Å²) >= 11 is 5.39. The Bertz CT molecular complexity index is 434. The van der Waals surface area contributed by atoms with Gasteiger partial charge < -0.3 is 14.8 Å². The van der Waals surface area contributed by atoms with Crippen molar-refractivity contribution < 1.29 is 19.1 Å². The third-order valence-electron chi connectivity index (χ3n) is 2.09. The molecule has 1 N–H and O–H groups in total. The Balaban J connectivity index is 3.29. The van der Waals surface area contributed by atoms with Crippen LogP contribution >= 0.6 is 11.6 Å². The largest absolute Gasteiger partial charge is 0.493 e. The second-order valence-electron chi connectivity index (χ2n) is 3.06. The van der Waals surface area contributed by atoms with Gasteiger partial charge in [0.25, 0.3) is 0 Å². The first-order valence-corrected chi connectivity index (χ1v) is 5.27. The highest BCUT2D eigenvalue weighted by atomic mass is 35.5. The van der Waals surface area contributed by atoms with Crippen LogP contribution in [0.25, 0.3) is 0 Å². The predicted molar refractivity (Wildman–Crippen MR) is 64.3 cm³/mol. The van der Waals surface area contributed by atoms with Gasteiger partial charge in [0.1, 0.15) is 5.88 Å². The van der Waals surface area contributed by atoms with Crippen molar-refractivity contribution in [2.24, 2.45) is 0 Å². The van der Waals surface area contributed by atoms with E-state index in [2.05, 4.69) is 5.32 Å². The van der Waals surface area contributed by atoms with E-state index in [1.54, 1.807) is 6.07 Å². The van der Waals surface area contributed by atoms with E-state index >= 15 is 0 Å². The Morgan fingerprint density at radius 3 is 2.59 bits per heavy atom. The molecule has 0 unspecified atom stereocenters. The summed E-state index contributed by atoms with van der Waals surface area (Å²) in [6, 6.07) is 3.11. The fraction of sp³-hybridized carbons (Fsp3) is 0.273. The summed E-state index contributed by atoms with van der Waals surface area (Å²) in [5.74, 6) is 0.0680. The third-order valence-corrected chi connectivity index (χ3v) is 2.33. The van der Waals surface area contributed by atoms with Crippen LogP contribution in [0, 0.1) is 0 Å². The number of rotatable bonds is 5. The lowest BCUT2D eigenvalue weighted by molar-refractivity contribution is -0.113. The van der Waals surface area contributed by atoms with Crippen molar-refractivity contribution in [3.63, 3.8) is 0 Å². The van der Waals surface area contributed by atoms with Gasteiger partial charge in [-0.1, -0.05) is 0 Å². The van der Waals surface area contributed by atoms with Gasteiger partial charge in [0.05, 0.1) is 19.9 Å². The van der Waals surface area contributed by atoms with Gasteiger partial charge >= 0.3 is 0 Å². The summed E-state index contributed by atoms with van der Waals surface area (Å²) in [5, 5.41) is 2.50. The van der Waals surface area contributed by atoms with Crippen molar-refractivity contribution in [1.29, 1.82) is 0 Å². The van der Waals surface area contributed by atoms with Crippen LogP contribution < -0.4 is 14.8 Å². The minimum Gasteiger partial charge on any atom is -0.493 e. The molecule has 0 spiro atoms. The molecule has 6 heteroatoms. The molecule has 0 heterocycles. The maximum atomic E-state index is 11.3. The monoisotopic (exact) mass is 257 g/mol. The lowest BCUT2D eigenvalue weighted by atomic mass is 10.1. The number of nitrogens with one attached hydrogen (secondary N) is 1. The number of benzene rings is 1. The average Bonchev–Trinajstić information content (AvgIpc) is 2.37. The summed E-state index contributed by atoms with van der Waals surface area (Å²) < 4.78 is 10.2. The van der Waals surface area contributed by atoms with E-state index in [0.717, 1.165) is 0 Å². The zero-order valence-corrected chi connectivity index (χ0v) is 10.2. The van der Waals surface area contributed by atoms with Gasteiger partial charge in [-0.2, -0.15) is 0 Å². The lowest BCUT2D eigenvalue weighted by Crippen LogP contribution is -2.15. The molecule has 0 radical (unpaired) electrons. The molecule has 0 saturated carbocycles. The van der Waals surface area contributed by atoms with Crippen LogP contribution in [0.15, 0.2) is 12.1 Å². The summed E-state index contributed by atoms with van der Waals surface area (Å²) in [6.45, 7) is 0. The van der Waals surface area contributed by atoms with E-state index in [0.29, 0.717) is 17.6 Å². The highest BCUT2D eigenvalue weighted by Crippen LogP contribution is 2.37. The highest BCUT2D eigenvalue weighted by Gasteiger charge is 2.16. The Morgan fingerprint density at radius 2 is 2.12 bits per heavy atom. The highest BCUT2D eigenvalue weighted by molar-refractivity contribution is 6.29. The number of ether oxygens (including phenoxy) is 2. The normalized spacial score (nSPS) is 9.59. The number of carbonyl (C=O) groups is 2. The van der Waals surface area contributed by atoms with Gasteiger partial charge in [-0.15, -0.1) is 11.6 Å². The zero-order valence-electron chi connectivity index (χ0n) is 9.45. The molecule has 1 aromatic carbocycles. The molecule has 0 saturated heterocycles. The molecule has 1 aromatic rings. The smallest absolute Gasteiger partial charge is 0.239 e. The van der Waals surface area contributed by atoms with Crippen LogP contribution in [0.5, 0.6) is 11.5 Å². The predicted octanol–water partition coefficient (Wildman–Crippen LogP) is 1.69. The number of carbonyl (C=O) groups excluding carboxylic acids is 2. The third kappa shape index (κ3) is 2.88. The number of amides is 1. The van der Waals surface area contributed by atoms with Crippen molar-refractivity contribution >= 4 is 29.5 Å². The maximum Gasteiger partial charge on any atom is 0.239 e. The molecule has 0 aromatic heterocycles. The Morgan fingerprint density at radius 1 is 1.41 bits per heavy atom. The summed E-state index contributed by atoms with van der Waals surface area (Å²) in [7, 11) is 2.88. The first kappa shape index (κ1) is 13.3. The number of methoxy groups -OCH3 is 2. The topological polar surface area (TPSA) is 64.6 Å². The van der Waals surface area contributed by atoms with Crippen LogP contribution in [-0.4, -0.2) is 32.3 Å². The van der Waals surface area contributed by atoms with Crippen molar-refractivity contribution in [2.75, 3.05) is 25.4 Å². The quantitative estimate of drug-likeness (QED) is 0.644. The van der Waals surface area contributed by atoms with E-state index in [-0.39, 0.29) is 17.3 Å². The van der Waals surface area contributed by atoms with Gasteiger partial charge in [-0.25, -0.2) is 0 Å². The maximum absolute atomic E-state index is 11.3. The van der Waals surface area contributed by atoms with Gasteiger partial charge in [0.2, 0.25) is 5.91 Å². The van der Waals surface area contributed by atoms with Gasteiger partial charge in [-0.05, 0) is 12.1 Å². The van der Waals surface area contributed by atoms with E-state index in [9.17, 15) is 9.59 Å². The minimum absolute atomic E-state index is 0.210. The van der Waals surface area contributed by atoms with Gasteiger partial charge in [0.15, 0.2) is 17.8 Å². The van der Waals surface area contributed by atoms with Crippen LogP contribution in [0.4, 0.5) is 5.69 Å². The van der Waals surface area contributed by atoms with Crippen molar-refractivity contribution in [1.82, 2.24) is 0 Å². The molecule has 17 heavy (non-hydrogen) atoms. The van der Waals surface area contributed by atoms with Crippen LogP contribution in [0.2, 0.25) is 0 Å². The fourth-order valence-electron chi connectivity index (χ4n) is 1.34.